The van der Waals surface area contributed by atoms with Gasteiger partial charge in [-0.25, -0.2) is 4.79 Å². The van der Waals surface area contributed by atoms with E-state index in [1.54, 1.807) is 12.1 Å². The maximum Gasteiger partial charge on any atom is 0.437 e. The van der Waals surface area contributed by atoms with Gasteiger partial charge in [0.25, 0.3) is 5.89 Å². The lowest BCUT2D eigenvalue weighted by molar-refractivity contribution is 0.116. The fourth-order valence-corrected chi connectivity index (χ4v) is 3.59. The number of likely N-dealkylation sites (N-methyl/N-ethyl adjacent to an activating group) is 1. The second kappa shape index (κ2) is 8.08. The van der Waals surface area contributed by atoms with E-state index in [9.17, 15) is 13.6 Å². The molecule has 1 aliphatic heterocycles. The lowest BCUT2D eigenvalue weighted by Crippen LogP contribution is -2.26. The van der Waals surface area contributed by atoms with E-state index in [0.717, 1.165) is 25.1 Å². The Balaban J connectivity index is 1.34. The highest BCUT2D eigenvalue weighted by atomic mass is 19.3. The topological polar surface area (TPSA) is 103 Å². The number of pyridine rings is 1. The SMILES string of the molecule is CN1CCc2ccc(-c3nn(Cc4ccc(-c5nnc(C(F)F)o5)cn4)c(=O)o3)cc2C1. The van der Waals surface area contributed by atoms with Crippen molar-refractivity contribution < 1.29 is 17.6 Å². The van der Waals surface area contributed by atoms with Crippen LogP contribution in [0.1, 0.15) is 29.1 Å². The fraction of sp³-hybridized carbons (Fsp3) is 0.286. The molecule has 11 heteroatoms. The molecule has 164 valence electrons. The van der Waals surface area contributed by atoms with Crippen molar-refractivity contribution >= 4 is 0 Å². The Kier molecular flexibility index (Phi) is 5.10. The molecule has 0 aliphatic carbocycles. The minimum atomic E-state index is -2.84. The van der Waals surface area contributed by atoms with Gasteiger partial charge in [0.15, 0.2) is 0 Å². The predicted molar refractivity (Wildman–Crippen MR) is 108 cm³/mol. The van der Waals surface area contributed by atoms with Gasteiger partial charge in [-0.05, 0) is 48.9 Å². The molecule has 0 unspecified atom stereocenters. The number of hydrogen-bond acceptors (Lipinski definition) is 8. The number of alkyl halides is 2. The predicted octanol–water partition coefficient (Wildman–Crippen LogP) is 2.92. The molecule has 0 spiro atoms. The van der Waals surface area contributed by atoms with Gasteiger partial charge in [-0.15, -0.1) is 15.3 Å². The van der Waals surface area contributed by atoms with E-state index in [2.05, 4.69) is 32.2 Å². The van der Waals surface area contributed by atoms with Gasteiger partial charge in [0, 0.05) is 24.8 Å². The van der Waals surface area contributed by atoms with Crippen molar-refractivity contribution in [3.63, 3.8) is 0 Å². The van der Waals surface area contributed by atoms with Crippen LogP contribution in [0.15, 0.2) is 50.2 Å². The zero-order valence-corrected chi connectivity index (χ0v) is 17.0. The van der Waals surface area contributed by atoms with E-state index >= 15 is 0 Å². The molecule has 9 nitrogen and oxygen atoms in total. The van der Waals surface area contributed by atoms with Gasteiger partial charge in [-0.2, -0.15) is 13.5 Å². The molecular weight excluding hydrogens is 422 g/mol. The molecule has 4 aromatic rings. The van der Waals surface area contributed by atoms with Gasteiger partial charge in [0.05, 0.1) is 17.8 Å². The van der Waals surface area contributed by atoms with Crippen molar-refractivity contribution in [2.45, 2.75) is 25.9 Å². The van der Waals surface area contributed by atoms with Crippen molar-refractivity contribution in [1.29, 1.82) is 0 Å². The van der Waals surface area contributed by atoms with Crippen molar-refractivity contribution in [2.75, 3.05) is 13.6 Å². The molecule has 1 aliphatic rings. The quantitative estimate of drug-likeness (QED) is 0.467. The number of rotatable bonds is 5. The number of aromatic nitrogens is 5. The number of halogens is 2. The van der Waals surface area contributed by atoms with E-state index in [4.69, 9.17) is 8.83 Å². The Morgan fingerprint density at radius 1 is 1.06 bits per heavy atom. The third-order valence-corrected chi connectivity index (χ3v) is 5.27. The Morgan fingerprint density at radius 2 is 1.91 bits per heavy atom. The normalized spacial score (nSPS) is 14.1. The zero-order chi connectivity index (χ0) is 22.2. The summed E-state index contributed by atoms with van der Waals surface area (Å²) in [5, 5.41) is 11.2. The van der Waals surface area contributed by atoms with Crippen LogP contribution in [0.3, 0.4) is 0 Å². The van der Waals surface area contributed by atoms with Crippen molar-refractivity contribution in [2.24, 2.45) is 0 Å². The van der Waals surface area contributed by atoms with Crippen LogP contribution >= 0.6 is 0 Å². The van der Waals surface area contributed by atoms with Gasteiger partial charge in [-0.3, -0.25) is 4.98 Å². The Hall–Kier alpha value is -3.73. The van der Waals surface area contributed by atoms with Crippen LogP contribution in [0.5, 0.6) is 0 Å². The maximum absolute atomic E-state index is 12.6. The minimum Gasteiger partial charge on any atom is -0.415 e. The van der Waals surface area contributed by atoms with E-state index < -0.39 is 18.1 Å². The van der Waals surface area contributed by atoms with Crippen LogP contribution in [-0.4, -0.2) is 43.5 Å². The lowest BCUT2D eigenvalue weighted by Gasteiger charge is -2.25. The van der Waals surface area contributed by atoms with Crippen LogP contribution < -0.4 is 5.76 Å². The molecule has 0 fully saturated rings. The average Bonchev–Trinajstić information content (AvgIpc) is 3.41. The number of nitrogens with zero attached hydrogens (tertiary/aromatic N) is 6. The maximum atomic E-state index is 12.6. The molecular formula is C21H18F2N6O3. The number of fused-ring (bicyclic) bond motifs is 1. The van der Waals surface area contributed by atoms with Gasteiger partial charge < -0.3 is 13.7 Å². The zero-order valence-electron chi connectivity index (χ0n) is 17.0. The Labute approximate surface area is 180 Å². The average molecular weight is 440 g/mol. The summed E-state index contributed by atoms with van der Waals surface area (Å²) in [6.45, 7) is 1.94. The van der Waals surface area contributed by atoms with Crippen LogP contribution in [0.2, 0.25) is 0 Å². The molecule has 0 bridgehead atoms. The van der Waals surface area contributed by atoms with Crippen LogP contribution in [0, 0.1) is 0 Å². The Bertz CT molecular complexity index is 1310. The number of hydrogen-bond donors (Lipinski definition) is 0. The van der Waals surface area contributed by atoms with E-state index in [0.29, 0.717) is 11.3 Å². The van der Waals surface area contributed by atoms with Crippen molar-refractivity contribution in [3.05, 3.63) is 69.8 Å². The highest BCUT2D eigenvalue weighted by Crippen LogP contribution is 2.25. The smallest absolute Gasteiger partial charge is 0.415 e. The van der Waals surface area contributed by atoms with E-state index in [-0.39, 0.29) is 18.3 Å². The molecule has 32 heavy (non-hydrogen) atoms. The Morgan fingerprint density at radius 3 is 2.66 bits per heavy atom. The number of benzene rings is 1. The summed E-state index contributed by atoms with van der Waals surface area (Å²) in [6.07, 6.45) is -0.448. The fourth-order valence-electron chi connectivity index (χ4n) is 3.59. The molecule has 0 saturated carbocycles. The molecule has 1 aromatic carbocycles. The molecule has 0 amide bonds. The molecule has 3 aromatic heterocycles. The van der Waals surface area contributed by atoms with E-state index in [1.807, 2.05) is 18.2 Å². The summed E-state index contributed by atoms with van der Waals surface area (Å²) >= 11 is 0. The third kappa shape index (κ3) is 3.94. The first-order chi connectivity index (χ1) is 15.5. The minimum absolute atomic E-state index is 0.0571. The molecule has 4 heterocycles. The van der Waals surface area contributed by atoms with E-state index in [1.165, 1.54) is 22.0 Å². The van der Waals surface area contributed by atoms with Gasteiger partial charge in [-0.1, -0.05) is 6.07 Å². The van der Waals surface area contributed by atoms with Gasteiger partial charge in [0.2, 0.25) is 11.8 Å². The molecule has 0 radical (unpaired) electrons. The summed E-state index contributed by atoms with van der Waals surface area (Å²) in [7, 11) is 2.07. The molecule has 0 saturated heterocycles. The first kappa shape index (κ1) is 20.2. The third-order valence-electron chi connectivity index (χ3n) is 5.27. The first-order valence-corrected chi connectivity index (χ1v) is 9.92. The highest BCUT2D eigenvalue weighted by Gasteiger charge is 2.18. The first-order valence-electron chi connectivity index (χ1n) is 9.92. The highest BCUT2D eigenvalue weighted by molar-refractivity contribution is 5.56. The summed E-state index contributed by atoms with van der Waals surface area (Å²) in [5.74, 6) is -1.16. The molecule has 5 rings (SSSR count). The van der Waals surface area contributed by atoms with Crippen molar-refractivity contribution in [3.8, 4) is 22.9 Å². The summed E-state index contributed by atoms with van der Waals surface area (Å²) < 4.78 is 36.7. The summed E-state index contributed by atoms with van der Waals surface area (Å²) in [6, 6.07) is 9.18. The standard InChI is InChI=1S/C21H18F2N6O3/c1-28-7-6-12-2-3-13(8-15(12)10-28)19-27-29(21(30)32-19)11-16-5-4-14(9-24-16)18-25-26-20(31-18)17(22)23/h2-5,8-9,17H,6-7,10-11H2,1H3. The van der Waals surface area contributed by atoms with Crippen LogP contribution in [-0.2, 0) is 19.5 Å². The second-order valence-corrected chi connectivity index (χ2v) is 7.59. The van der Waals surface area contributed by atoms with Gasteiger partial charge >= 0.3 is 12.2 Å². The largest absolute Gasteiger partial charge is 0.437 e. The summed E-state index contributed by atoms with van der Waals surface area (Å²) in [5.41, 5.74) is 4.14. The van der Waals surface area contributed by atoms with Gasteiger partial charge in [0.1, 0.15) is 0 Å². The van der Waals surface area contributed by atoms with Crippen LogP contribution in [0.25, 0.3) is 22.9 Å². The monoisotopic (exact) mass is 440 g/mol. The lowest BCUT2D eigenvalue weighted by atomic mass is 9.98. The summed E-state index contributed by atoms with van der Waals surface area (Å²) in [4.78, 5) is 18.8. The molecule has 0 N–H and O–H groups in total. The molecule has 0 atom stereocenters. The van der Waals surface area contributed by atoms with Crippen molar-refractivity contribution in [1.82, 2.24) is 29.9 Å². The second-order valence-electron chi connectivity index (χ2n) is 7.59. The van der Waals surface area contributed by atoms with Crippen LogP contribution in [0.4, 0.5) is 8.78 Å².